The molecule has 1 aromatic rings. The zero-order chi connectivity index (χ0) is 13.2. The maximum Gasteiger partial charge on any atom is 0.0351 e. The third kappa shape index (κ3) is 2.44. The van der Waals surface area contributed by atoms with Crippen LogP contribution in [0, 0.1) is 11.8 Å². The van der Waals surface area contributed by atoms with Crippen molar-refractivity contribution in [3.8, 4) is 0 Å². The Hall–Kier alpha value is -0.860. The van der Waals surface area contributed by atoms with Crippen molar-refractivity contribution in [3.63, 3.8) is 0 Å². The van der Waals surface area contributed by atoms with Crippen LogP contribution in [0.1, 0.15) is 38.3 Å². The van der Waals surface area contributed by atoms with E-state index in [2.05, 4.69) is 54.4 Å². The molecular formula is C17H26N2. The Labute approximate surface area is 117 Å². The Bertz CT molecular complexity index is 403. The van der Waals surface area contributed by atoms with Crippen molar-refractivity contribution in [2.75, 3.05) is 19.6 Å². The second-order valence-corrected chi connectivity index (χ2v) is 6.23. The van der Waals surface area contributed by atoms with Crippen LogP contribution in [0.3, 0.4) is 0 Å². The quantitative estimate of drug-likeness (QED) is 0.893. The molecule has 3 rings (SSSR count). The maximum atomic E-state index is 3.56. The number of hydrogen-bond acceptors (Lipinski definition) is 2. The van der Waals surface area contributed by atoms with E-state index in [-0.39, 0.29) is 0 Å². The van der Waals surface area contributed by atoms with Crippen molar-refractivity contribution in [1.82, 2.24) is 10.2 Å². The van der Waals surface area contributed by atoms with Gasteiger partial charge in [0.15, 0.2) is 0 Å². The van der Waals surface area contributed by atoms with Crippen LogP contribution in [0.25, 0.3) is 0 Å². The fraction of sp³-hybridized carbons (Fsp3) is 0.647. The topological polar surface area (TPSA) is 15.3 Å². The van der Waals surface area contributed by atoms with E-state index in [0.29, 0.717) is 6.04 Å². The van der Waals surface area contributed by atoms with Gasteiger partial charge in [0.1, 0.15) is 0 Å². The smallest absolute Gasteiger partial charge is 0.0351 e. The fourth-order valence-corrected chi connectivity index (χ4v) is 4.08. The summed E-state index contributed by atoms with van der Waals surface area (Å²) in [4.78, 5) is 2.77. The van der Waals surface area contributed by atoms with Crippen LogP contribution in [-0.4, -0.2) is 30.6 Å². The van der Waals surface area contributed by atoms with Gasteiger partial charge < -0.3 is 5.32 Å². The zero-order valence-electron chi connectivity index (χ0n) is 12.2. The third-order valence-corrected chi connectivity index (χ3v) is 5.13. The predicted octanol–water partition coefficient (Wildman–Crippen LogP) is 3.07. The van der Waals surface area contributed by atoms with E-state index in [9.17, 15) is 0 Å². The van der Waals surface area contributed by atoms with Crippen LogP contribution in [0.2, 0.25) is 0 Å². The highest BCUT2D eigenvalue weighted by atomic mass is 15.2. The van der Waals surface area contributed by atoms with Crippen molar-refractivity contribution >= 4 is 0 Å². The molecule has 1 N–H and O–H groups in total. The molecule has 0 aliphatic carbocycles. The number of nitrogens with zero attached hydrogens (tertiary/aromatic N) is 1. The molecule has 4 atom stereocenters. The molecule has 0 radical (unpaired) electrons. The van der Waals surface area contributed by atoms with E-state index >= 15 is 0 Å². The number of likely N-dealkylation sites (tertiary alicyclic amines) is 1. The molecule has 2 nitrogen and oxygen atoms in total. The van der Waals surface area contributed by atoms with Crippen molar-refractivity contribution in [3.05, 3.63) is 35.9 Å². The Morgan fingerprint density at radius 3 is 2.74 bits per heavy atom. The molecule has 0 spiro atoms. The summed E-state index contributed by atoms with van der Waals surface area (Å²) in [5, 5.41) is 3.56. The van der Waals surface area contributed by atoms with Crippen LogP contribution in [0.4, 0.5) is 0 Å². The van der Waals surface area contributed by atoms with Crippen molar-refractivity contribution in [1.29, 1.82) is 0 Å². The second-order valence-electron chi connectivity index (χ2n) is 6.23. The molecule has 0 bridgehead atoms. The lowest BCUT2D eigenvalue weighted by molar-refractivity contribution is 0.161. The molecule has 0 saturated carbocycles. The Morgan fingerprint density at radius 1 is 1.26 bits per heavy atom. The van der Waals surface area contributed by atoms with Crippen LogP contribution in [0.5, 0.6) is 0 Å². The molecule has 0 amide bonds. The lowest BCUT2D eigenvalue weighted by atomic mass is 9.95. The van der Waals surface area contributed by atoms with Gasteiger partial charge in [0, 0.05) is 18.6 Å². The lowest BCUT2D eigenvalue weighted by Gasteiger charge is -2.33. The highest BCUT2D eigenvalue weighted by Crippen LogP contribution is 2.39. The summed E-state index contributed by atoms with van der Waals surface area (Å²) in [7, 11) is 0. The van der Waals surface area contributed by atoms with E-state index in [4.69, 9.17) is 0 Å². The molecule has 4 unspecified atom stereocenters. The van der Waals surface area contributed by atoms with Crippen LogP contribution in [-0.2, 0) is 0 Å². The van der Waals surface area contributed by atoms with Gasteiger partial charge in [-0.1, -0.05) is 43.7 Å². The van der Waals surface area contributed by atoms with Crippen molar-refractivity contribution in [2.45, 2.75) is 38.8 Å². The summed E-state index contributed by atoms with van der Waals surface area (Å²) in [5.74, 6) is 1.74. The number of rotatable bonds is 4. The minimum Gasteiger partial charge on any atom is -0.316 e. The number of hydrogen-bond donors (Lipinski definition) is 1. The summed E-state index contributed by atoms with van der Waals surface area (Å²) >= 11 is 0. The average molecular weight is 258 g/mol. The van der Waals surface area contributed by atoms with E-state index in [1.54, 1.807) is 0 Å². The third-order valence-electron chi connectivity index (χ3n) is 5.13. The van der Waals surface area contributed by atoms with E-state index in [1.165, 1.54) is 38.0 Å². The van der Waals surface area contributed by atoms with Gasteiger partial charge in [-0.15, -0.1) is 0 Å². The minimum absolute atomic E-state index is 0.617. The molecular weight excluding hydrogens is 232 g/mol. The van der Waals surface area contributed by atoms with Crippen molar-refractivity contribution in [2.24, 2.45) is 11.8 Å². The zero-order valence-corrected chi connectivity index (χ0v) is 12.2. The fourth-order valence-electron chi connectivity index (χ4n) is 4.08. The van der Waals surface area contributed by atoms with Crippen LogP contribution >= 0.6 is 0 Å². The monoisotopic (exact) mass is 258 g/mol. The molecule has 2 fully saturated rings. The van der Waals surface area contributed by atoms with Gasteiger partial charge in [0.05, 0.1) is 0 Å². The minimum atomic E-state index is 0.617. The molecule has 2 aliphatic heterocycles. The van der Waals surface area contributed by atoms with Gasteiger partial charge in [-0.3, -0.25) is 4.90 Å². The first kappa shape index (κ1) is 13.1. The molecule has 2 heterocycles. The summed E-state index contributed by atoms with van der Waals surface area (Å²) in [5.41, 5.74) is 1.50. The van der Waals surface area contributed by atoms with Gasteiger partial charge in [0.25, 0.3) is 0 Å². The molecule has 2 aliphatic rings. The number of benzene rings is 1. The highest BCUT2D eigenvalue weighted by molar-refractivity contribution is 5.20. The van der Waals surface area contributed by atoms with Gasteiger partial charge in [-0.2, -0.15) is 0 Å². The standard InChI is InChI=1S/C17H26N2/c1-3-7-17(14-8-5-4-6-9-14)19-12-15-10-18-11-16(15)13(19)2/h4-6,8-9,13,15-18H,3,7,10-12H2,1-2H3. The largest absolute Gasteiger partial charge is 0.316 e. The summed E-state index contributed by atoms with van der Waals surface area (Å²) in [6.45, 7) is 8.45. The molecule has 0 aromatic heterocycles. The molecule has 1 aromatic carbocycles. The molecule has 2 saturated heterocycles. The molecule has 104 valence electrons. The van der Waals surface area contributed by atoms with E-state index in [1.807, 2.05) is 0 Å². The Morgan fingerprint density at radius 2 is 2.05 bits per heavy atom. The predicted molar refractivity (Wildman–Crippen MR) is 80.1 cm³/mol. The first-order chi connectivity index (χ1) is 9.31. The first-order valence-electron chi connectivity index (χ1n) is 7.82. The Kier molecular flexibility index (Phi) is 3.90. The molecule has 19 heavy (non-hydrogen) atoms. The van der Waals surface area contributed by atoms with Gasteiger partial charge in [0.2, 0.25) is 0 Å². The van der Waals surface area contributed by atoms with E-state index < -0.39 is 0 Å². The van der Waals surface area contributed by atoms with Gasteiger partial charge in [-0.25, -0.2) is 0 Å². The lowest BCUT2D eigenvalue weighted by Crippen LogP contribution is -2.36. The number of nitrogens with one attached hydrogen (secondary N) is 1. The highest BCUT2D eigenvalue weighted by Gasteiger charge is 2.44. The first-order valence-corrected chi connectivity index (χ1v) is 7.82. The van der Waals surface area contributed by atoms with Gasteiger partial charge in [-0.05, 0) is 43.8 Å². The Balaban J connectivity index is 1.81. The summed E-state index contributed by atoms with van der Waals surface area (Å²) in [6, 6.07) is 12.4. The number of fused-ring (bicyclic) bond motifs is 1. The summed E-state index contributed by atoms with van der Waals surface area (Å²) < 4.78 is 0. The SMILES string of the molecule is CCCC(c1ccccc1)N1CC2CNCC2C1C. The van der Waals surface area contributed by atoms with E-state index in [0.717, 1.165) is 17.9 Å². The normalized spacial score (nSPS) is 32.4. The maximum absolute atomic E-state index is 3.56. The van der Waals surface area contributed by atoms with Crippen molar-refractivity contribution < 1.29 is 0 Å². The summed E-state index contributed by atoms with van der Waals surface area (Å²) in [6.07, 6.45) is 2.54. The molecule has 2 heteroatoms. The van der Waals surface area contributed by atoms with Crippen LogP contribution < -0.4 is 5.32 Å². The van der Waals surface area contributed by atoms with Crippen LogP contribution in [0.15, 0.2) is 30.3 Å². The average Bonchev–Trinajstić information content (AvgIpc) is 3.01. The second kappa shape index (κ2) is 5.64. The van der Waals surface area contributed by atoms with Gasteiger partial charge >= 0.3 is 0 Å².